The van der Waals surface area contributed by atoms with Gasteiger partial charge < -0.3 is 10.5 Å². The van der Waals surface area contributed by atoms with Crippen LogP contribution < -0.4 is 5.73 Å². The Labute approximate surface area is 195 Å². The van der Waals surface area contributed by atoms with E-state index in [2.05, 4.69) is 38.4 Å². The van der Waals surface area contributed by atoms with Gasteiger partial charge >= 0.3 is 0 Å². The van der Waals surface area contributed by atoms with Gasteiger partial charge in [0.25, 0.3) is 0 Å². The molecule has 3 heteroatoms. The van der Waals surface area contributed by atoms with Gasteiger partial charge in [0.2, 0.25) is 0 Å². The third-order valence-electron chi connectivity index (χ3n) is 7.76. The average molecular weight is 448 g/mol. The molecule has 1 heterocycles. The van der Waals surface area contributed by atoms with E-state index >= 15 is 0 Å². The Kier molecular flexibility index (Phi) is 12.2. The van der Waals surface area contributed by atoms with Crippen LogP contribution in [0.15, 0.2) is 0 Å². The molecule has 2 atom stereocenters. The Bertz CT molecular complexity index is 533. The van der Waals surface area contributed by atoms with Gasteiger partial charge in [-0.05, 0) is 56.4 Å². The molecule has 2 N–H and O–H groups in total. The fraction of sp³-hybridized carbons (Fsp3) is 0.929. The summed E-state index contributed by atoms with van der Waals surface area (Å²) in [6, 6.07) is 1.31. The number of hydrogen-bond donors (Lipinski definition) is 1. The molecule has 1 saturated carbocycles. The van der Waals surface area contributed by atoms with Crippen LogP contribution in [0.3, 0.4) is 0 Å². The summed E-state index contributed by atoms with van der Waals surface area (Å²) in [5.74, 6) is 9.32. The van der Waals surface area contributed by atoms with Crippen molar-refractivity contribution in [1.29, 1.82) is 0 Å². The van der Waals surface area contributed by atoms with E-state index in [-0.39, 0.29) is 5.54 Å². The van der Waals surface area contributed by atoms with Gasteiger partial charge in [-0.2, -0.15) is 0 Å². The highest BCUT2D eigenvalue weighted by Crippen LogP contribution is 2.36. The normalized spacial score (nSPS) is 21.8. The molecular formula is C28H53NOSi. The van der Waals surface area contributed by atoms with E-state index < -0.39 is 8.07 Å². The lowest BCUT2D eigenvalue weighted by atomic mass is 9.72. The molecule has 2 unspecified atom stereocenters. The lowest BCUT2D eigenvalue weighted by Gasteiger charge is -2.41. The molecule has 0 bridgehead atoms. The van der Waals surface area contributed by atoms with Crippen LogP contribution in [0.4, 0.5) is 0 Å². The Morgan fingerprint density at radius 2 is 1.71 bits per heavy atom. The first-order valence-electron chi connectivity index (χ1n) is 13.7. The molecule has 1 aliphatic heterocycles. The summed E-state index contributed by atoms with van der Waals surface area (Å²) in [5.41, 5.74) is 7.25. The van der Waals surface area contributed by atoms with E-state index in [1.54, 1.807) is 0 Å². The summed E-state index contributed by atoms with van der Waals surface area (Å²) < 4.78 is 5.68. The summed E-state index contributed by atoms with van der Waals surface area (Å²) in [5, 5.41) is 0. The van der Waals surface area contributed by atoms with E-state index in [1.807, 2.05) is 0 Å². The van der Waals surface area contributed by atoms with Crippen LogP contribution in [-0.2, 0) is 4.74 Å². The van der Waals surface area contributed by atoms with Crippen LogP contribution in [0.1, 0.15) is 103 Å². The van der Waals surface area contributed by atoms with Crippen molar-refractivity contribution in [3.63, 3.8) is 0 Å². The molecule has 1 saturated heterocycles. The van der Waals surface area contributed by atoms with Gasteiger partial charge in [-0.1, -0.05) is 77.9 Å². The van der Waals surface area contributed by atoms with E-state index in [9.17, 15) is 0 Å². The highest BCUT2D eigenvalue weighted by Gasteiger charge is 2.36. The number of ether oxygens (including phenoxy) is 1. The predicted molar refractivity (Wildman–Crippen MR) is 139 cm³/mol. The first-order valence-corrected chi connectivity index (χ1v) is 17.4. The monoisotopic (exact) mass is 447 g/mol. The van der Waals surface area contributed by atoms with Crippen LogP contribution >= 0.6 is 0 Å². The second-order valence-electron chi connectivity index (χ2n) is 11.9. The van der Waals surface area contributed by atoms with E-state index in [4.69, 9.17) is 10.5 Å². The molecule has 0 radical (unpaired) electrons. The summed E-state index contributed by atoms with van der Waals surface area (Å²) in [6.07, 6.45) is 19.5. The minimum absolute atomic E-state index is 0.0134. The molecule has 2 fully saturated rings. The van der Waals surface area contributed by atoms with Crippen molar-refractivity contribution in [2.75, 3.05) is 13.2 Å². The third kappa shape index (κ3) is 10.9. The van der Waals surface area contributed by atoms with E-state index in [0.717, 1.165) is 51.2 Å². The topological polar surface area (TPSA) is 35.2 Å². The Morgan fingerprint density at radius 3 is 2.35 bits per heavy atom. The maximum absolute atomic E-state index is 7.27. The van der Waals surface area contributed by atoms with Crippen molar-refractivity contribution in [2.45, 2.75) is 134 Å². The molecule has 0 aromatic heterocycles. The van der Waals surface area contributed by atoms with Gasteiger partial charge in [-0.15, -0.1) is 11.8 Å². The van der Waals surface area contributed by atoms with Gasteiger partial charge in [-0.3, -0.25) is 0 Å². The highest BCUT2D eigenvalue weighted by atomic mass is 28.3. The van der Waals surface area contributed by atoms with Crippen LogP contribution in [0.25, 0.3) is 0 Å². The lowest BCUT2D eigenvalue weighted by molar-refractivity contribution is 0.0318. The number of unbranched alkanes of at least 4 members (excludes halogenated alkanes) is 2. The van der Waals surface area contributed by atoms with Crippen LogP contribution in [-0.4, -0.2) is 26.8 Å². The van der Waals surface area contributed by atoms with Crippen molar-refractivity contribution in [2.24, 2.45) is 23.5 Å². The summed E-state index contributed by atoms with van der Waals surface area (Å²) >= 11 is 0. The van der Waals surface area contributed by atoms with Gasteiger partial charge in [0.15, 0.2) is 0 Å². The number of rotatable bonds is 12. The minimum Gasteiger partial charge on any atom is -0.381 e. The molecular weight excluding hydrogens is 394 g/mol. The van der Waals surface area contributed by atoms with E-state index in [1.165, 1.54) is 70.3 Å². The Hall–Kier alpha value is -0.303. The molecule has 1 aliphatic carbocycles. The molecule has 180 valence electrons. The van der Waals surface area contributed by atoms with Gasteiger partial charge in [0.05, 0.1) is 0 Å². The molecule has 0 amide bonds. The van der Waals surface area contributed by atoms with Crippen molar-refractivity contribution >= 4 is 8.07 Å². The maximum atomic E-state index is 7.27. The molecule has 31 heavy (non-hydrogen) atoms. The zero-order chi connectivity index (χ0) is 22.6. The number of nitrogens with two attached hydrogens (primary N) is 1. The Balaban J connectivity index is 1.93. The second kappa shape index (κ2) is 14.1. The molecule has 2 aliphatic rings. The summed E-state index contributed by atoms with van der Waals surface area (Å²) in [4.78, 5) is 0. The van der Waals surface area contributed by atoms with Crippen LogP contribution in [0, 0.1) is 29.6 Å². The molecule has 2 rings (SSSR count). The fourth-order valence-electron chi connectivity index (χ4n) is 5.92. The number of hydrogen-bond acceptors (Lipinski definition) is 2. The van der Waals surface area contributed by atoms with Crippen molar-refractivity contribution in [1.82, 2.24) is 0 Å². The second-order valence-corrected chi connectivity index (χ2v) is 17.5. The standard InChI is InChI=1S/C28H53NOSi/c1-5-6-8-16-26(24-31(2,3)4)17-21-28(29,27-18-22-30-23-19-27)20-12-11-15-25-13-9-7-10-14-25/h25-27H,5-7,9-15,17-24,29H2,1-4H3. The fourth-order valence-corrected chi connectivity index (χ4v) is 7.70. The molecule has 0 aromatic rings. The first kappa shape index (κ1) is 26.9. The average Bonchev–Trinajstić information content (AvgIpc) is 2.75. The van der Waals surface area contributed by atoms with Crippen molar-refractivity contribution in [3.8, 4) is 11.8 Å². The summed E-state index contributed by atoms with van der Waals surface area (Å²) in [6.45, 7) is 11.5. The highest BCUT2D eigenvalue weighted by molar-refractivity contribution is 6.76. The van der Waals surface area contributed by atoms with Crippen LogP contribution in [0.2, 0.25) is 25.7 Å². The zero-order valence-corrected chi connectivity index (χ0v) is 22.4. The van der Waals surface area contributed by atoms with E-state index in [0.29, 0.717) is 11.8 Å². The van der Waals surface area contributed by atoms with Crippen molar-refractivity contribution in [3.05, 3.63) is 0 Å². The van der Waals surface area contributed by atoms with Gasteiger partial charge in [0, 0.05) is 39.2 Å². The smallest absolute Gasteiger partial charge is 0.0469 e. The quantitative estimate of drug-likeness (QED) is 0.188. The first-order chi connectivity index (χ1) is 14.8. The summed E-state index contributed by atoms with van der Waals surface area (Å²) in [7, 11) is -1.13. The third-order valence-corrected chi connectivity index (χ3v) is 9.48. The Morgan fingerprint density at radius 1 is 1.00 bits per heavy atom. The van der Waals surface area contributed by atoms with Gasteiger partial charge in [0.1, 0.15) is 0 Å². The predicted octanol–water partition coefficient (Wildman–Crippen LogP) is 7.79. The SMILES string of the molecule is CCCC#CC(CCC(N)(CCCCC1CCCCC1)C1CCOCC1)C[Si](C)(C)C. The van der Waals surface area contributed by atoms with Gasteiger partial charge in [-0.25, -0.2) is 0 Å². The minimum atomic E-state index is -1.13. The lowest BCUT2D eigenvalue weighted by Crippen LogP contribution is -2.49. The zero-order valence-electron chi connectivity index (χ0n) is 21.4. The molecule has 0 spiro atoms. The molecule has 2 nitrogen and oxygen atoms in total. The van der Waals surface area contributed by atoms with Crippen LogP contribution in [0.5, 0.6) is 0 Å². The largest absolute Gasteiger partial charge is 0.381 e. The van der Waals surface area contributed by atoms with Crippen molar-refractivity contribution < 1.29 is 4.74 Å². The maximum Gasteiger partial charge on any atom is 0.0469 e. The molecule has 0 aromatic carbocycles.